The molecule has 18 heavy (non-hydrogen) atoms. The molecule has 4 heteroatoms. The zero-order valence-electron chi connectivity index (χ0n) is 11.3. The lowest BCUT2D eigenvalue weighted by Crippen LogP contribution is -2.38. The van der Waals surface area contributed by atoms with E-state index in [1.54, 1.807) is 6.33 Å². The molecule has 1 saturated heterocycles. The Kier molecular flexibility index (Phi) is 5.55. The Morgan fingerprint density at radius 1 is 1.50 bits per heavy atom. The molecule has 0 spiro atoms. The van der Waals surface area contributed by atoms with E-state index in [9.17, 15) is 0 Å². The van der Waals surface area contributed by atoms with E-state index < -0.39 is 0 Å². The molecule has 0 radical (unpaired) electrons. The Balaban J connectivity index is 1.86. The van der Waals surface area contributed by atoms with Crippen LogP contribution in [0.15, 0.2) is 18.6 Å². The number of aromatic nitrogens is 2. The highest BCUT2D eigenvalue weighted by atomic mass is 15.1. The zero-order valence-corrected chi connectivity index (χ0v) is 11.3. The van der Waals surface area contributed by atoms with E-state index in [0.717, 1.165) is 24.7 Å². The third-order valence-corrected chi connectivity index (χ3v) is 3.48. The van der Waals surface area contributed by atoms with Gasteiger partial charge in [-0.25, -0.2) is 9.97 Å². The minimum absolute atomic E-state index is 0.798. The Labute approximate surface area is 110 Å². The molecule has 1 atom stereocenters. The molecule has 1 unspecified atom stereocenters. The van der Waals surface area contributed by atoms with Gasteiger partial charge in [-0.2, -0.15) is 0 Å². The molecule has 2 heterocycles. The average Bonchev–Trinajstić information content (AvgIpc) is 2.41. The van der Waals surface area contributed by atoms with Gasteiger partial charge >= 0.3 is 0 Å². The van der Waals surface area contributed by atoms with Crippen LogP contribution in [0.2, 0.25) is 0 Å². The van der Waals surface area contributed by atoms with E-state index in [-0.39, 0.29) is 0 Å². The van der Waals surface area contributed by atoms with Crippen molar-refractivity contribution >= 4 is 0 Å². The second kappa shape index (κ2) is 7.44. The van der Waals surface area contributed by atoms with Crippen molar-refractivity contribution < 1.29 is 0 Å². The van der Waals surface area contributed by atoms with E-state index in [1.165, 1.54) is 38.9 Å². The third-order valence-electron chi connectivity index (χ3n) is 3.48. The predicted molar refractivity (Wildman–Crippen MR) is 73.2 cm³/mol. The molecule has 0 saturated carbocycles. The summed E-state index contributed by atoms with van der Waals surface area (Å²) >= 11 is 0. The van der Waals surface area contributed by atoms with Gasteiger partial charge in [-0.3, -0.25) is 4.90 Å². The van der Waals surface area contributed by atoms with E-state index in [2.05, 4.69) is 27.1 Å². The van der Waals surface area contributed by atoms with Crippen LogP contribution in [-0.2, 0) is 6.54 Å². The van der Waals surface area contributed by atoms with Crippen LogP contribution in [0.3, 0.4) is 0 Å². The van der Waals surface area contributed by atoms with Crippen LogP contribution in [0, 0.1) is 5.92 Å². The van der Waals surface area contributed by atoms with Crippen LogP contribution in [0.4, 0.5) is 0 Å². The minimum atomic E-state index is 0.798. The summed E-state index contributed by atoms with van der Waals surface area (Å²) in [6.07, 6.45) is 7.34. The number of nitrogens with zero attached hydrogens (tertiary/aromatic N) is 3. The lowest BCUT2D eigenvalue weighted by Gasteiger charge is -2.29. The summed E-state index contributed by atoms with van der Waals surface area (Å²) in [5.41, 5.74) is 1.13. The maximum absolute atomic E-state index is 4.33. The SMILES string of the molecule is CCCN(Cc1ccncn1)CC1CCCNC1. The monoisotopic (exact) mass is 248 g/mol. The average molecular weight is 248 g/mol. The van der Waals surface area contributed by atoms with Crippen molar-refractivity contribution in [2.75, 3.05) is 26.2 Å². The second-order valence-electron chi connectivity index (χ2n) is 5.15. The summed E-state index contributed by atoms with van der Waals surface area (Å²) < 4.78 is 0. The van der Waals surface area contributed by atoms with Gasteiger partial charge in [-0.05, 0) is 50.9 Å². The molecule has 1 N–H and O–H groups in total. The molecule has 1 aliphatic heterocycles. The van der Waals surface area contributed by atoms with Gasteiger partial charge < -0.3 is 5.32 Å². The van der Waals surface area contributed by atoms with Gasteiger partial charge in [0.05, 0.1) is 5.69 Å². The van der Waals surface area contributed by atoms with Gasteiger partial charge in [0.2, 0.25) is 0 Å². The number of rotatable bonds is 6. The lowest BCUT2D eigenvalue weighted by molar-refractivity contribution is 0.199. The summed E-state index contributed by atoms with van der Waals surface area (Å²) in [6.45, 7) is 7.89. The molecule has 2 rings (SSSR count). The topological polar surface area (TPSA) is 41.1 Å². The molecule has 0 amide bonds. The van der Waals surface area contributed by atoms with Crippen molar-refractivity contribution in [1.82, 2.24) is 20.2 Å². The Bertz CT molecular complexity index is 322. The smallest absolute Gasteiger partial charge is 0.115 e. The van der Waals surface area contributed by atoms with E-state index in [0.29, 0.717) is 0 Å². The first-order valence-corrected chi connectivity index (χ1v) is 7.06. The summed E-state index contributed by atoms with van der Waals surface area (Å²) in [6, 6.07) is 2.02. The summed E-state index contributed by atoms with van der Waals surface area (Å²) in [4.78, 5) is 10.8. The molecule has 1 aromatic heterocycles. The molecule has 0 aromatic carbocycles. The highest BCUT2D eigenvalue weighted by molar-refractivity contribution is 4.97. The summed E-state index contributed by atoms with van der Waals surface area (Å²) in [5.74, 6) is 0.798. The van der Waals surface area contributed by atoms with Crippen LogP contribution in [0.5, 0.6) is 0 Å². The van der Waals surface area contributed by atoms with Gasteiger partial charge in [0.1, 0.15) is 6.33 Å². The van der Waals surface area contributed by atoms with Gasteiger partial charge in [0, 0.05) is 19.3 Å². The Morgan fingerprint density at radius 2 is 2.44 bits per heavy atom. The largest absolute Gasteiger partial charge is 0.316 e. The second-order valence-corrected chi connectivity index (χ2v) is 5.15. The van der Waals surface area contributed by atoms with Gasteiger partial charge in [0.25, 0.3) is 0 Å². The number of hydrogen-bond acceptors (Lipinski definition) is 4. The number of hydrogen-bond donors (Lipinski definition) is 1. The molecule has 1 aromatic rings. The minimum Gasteiger partial charge on any atom is -0.316 e. The molecule has 0 bridgehead atoms. The first kappa shape index (κ1) is 13.4. The van der Waals surface area contributed by atoms with Crippen molar-refractivity contribution in [3.63, 3.8) is 0 Å². The van der Waals surface area contributed by atoms with E-state index in [4.69, 9.17) is 0 Å². The summed E-state index contributed by atoms with van der Waals surface area (Å²) in [5, 5.41) is 3.49. The highest BCUT2D eigenvalue weighted by Gasteiger charge is 2.16. The van der Waals surface area contributed by atoms with Crippen molar-refractivity contribution in [2.45, 2.75) is 32.7 Å². The van der Waals surface area contributed by atoms with Crippen molar-refractivity contribution in [1.29, 1.82) is 0 Å². The van der Waals surface area contributed by atoms with Crippen molar-refractivity contribution in [3.8, 4) is 0 Å². The predicted octanol–water partition coefficient (Wildman–Crippen LogP) is 1.69. The van der Waals surface area contributed by atoms with Gasteiger partial charge in [-0.15, -0.1) is 0 Å². The summed E-state index contributed by atoms with van der Waals surface area (Å²) in [7, 11) is 0. The van der Waals surface area contributed by atoms with E-state index >= 15 is 0 Å². The van der Waals surface area contributed by atoms with Crippen molar-refractivity contribution in [2.24, 2.45) is 5.92 Å². The quantitative estimate of drug-likeness (QED) is 0.832. The van der Waals surface area contributed by atoms with Crippen molar-refractivity contribution in [3.05, 3.63) is 24.3 Å². The van der Waals surface area contributed by atoms with Crippen LogP contribution < -0.4 is 5.32 Å². The molecular formula is C14H24N4. The van der Waals surface area contributed by atoms with Crippen LogP contribution >= 0.6 is 0 Å². The highest BCUT2D eigenvalue weighted by Crippen LogP contribution is 2.13. The standard InChI is InChI=1S/C14H24N4/c1-2-8-18(10-13-4-3-6-15-9-13)11-14-5-7-16-12-17-14/h5,7,12-13,15H,2-4,6,8-11H2,1H3. The van der Waals surface area contributed by atoms with E-state index in [1.807, 2.05) is 12.3 Å². The maximum Gasteiger partial charge on any atom is 0.115 e. The fourth-order valence-electron chi connectivity index (χ4n) is 2.64. The zero-order chi connectivity index (χ0) is 12.6. The molecule has 1 fully saturated rings. The maximum atomic E-state index is 4.33. The normalized spacial score (nSPS) is 20.2. The fourth-order valence-corrected chi connectivity index (χ4v) is 2.64. The molecule has 100 valence electrons. The lowest BCUT2D eigenvalue weighted by atomic mass is 9.99. The van der Waals surface area contributed by atoms with Crippen LogP contribution in [-0.4, -0.2) is 41.0 Å². The van der Waals surface area contributed by atoms with Gasteiger partial charge in [0.15, 0.2) is 0 Å². The fraction of sp³-hybridized carbons (Fsp3) is 0.714. The molecular weight excluding hydrogens is 224 g/mol. The molecule has 1 aliphatic rings. The van der Waals surface area contributed by atoms with Gasteiger partial charge in [-0.1, -0.05) is 6.92 Å². The number of nitrogens with one attached hydrogen (secondary N) is 1. The van der Waals surface area contributed by atoms with Crippen LogP contribution in [0.1, 0.15) is 31.9 Å². The molecule has 4 nitrogen and oxygen atoms in total. The third kappa shape index (κ3) is 4.35. The first-order valence-electron chi connectivity index (χ1n) is 7.06. The number of piperidine rings is 1. The Morgan fingerprint density at radius 3 is 3.11 bits per heavy atom. The first-order chi connectivity index (χ1) is 8.88. The van der Waals surface area contributed by atoms with Crippen LogP contribution in [0.25, 0.3) is 0 Å². The molecule has 0 aliphatic carbocycles. The Hall–Kier alpha value is -1.00.